The van der Waals surface area contributed by atoms with Gasteiger partial charge in [-0.3, -0.25) is 4.79 Å². The molecule has 0 saturated carbocycles. The van der Waals surface area contributed by atoms with E-state index in [1.165, 1.54) is 19.1 Å². The van der Waals surface area contributed by atoms with E-state index in [9.17, 15) is 18.0 Å². The number of thiophene rings is 1. The second-order valence-electron chi connectivity index (χ2n) is 4.66. The molecule has 0 fully saturated rings. The molecule has 0 aliphatic heterocycles. The molecule has 11 heteroatoms. The van der Waals surface area contributed by atoms with Crippen molar-refractivity contribution in [3.63, 3.8) is 0 Å². The molecule has 7 nitrogen and oxygen atoms in total. The Balaban J connectivity index is 1.96. The maximum atomic E-state index is 12.7. The van der Waals surface area contributed by atoms with E-state index in [1.807, 2.05) is 6.07 Å². The molecule has 0 spiro atoms. The van der Waals surface area contributed by atoms with Gasteiger partial charge in [-0.15, -0.1) is 16.4 Å². The number of hydrogen-bond donors (Lipinski definition) is 1. The van der Waals surface area contributed by atoms with Gasteiger partial charge in [-0.2, -0.15) is 28.4 Å². The van der Waals surface area contributed by atoms with Crippen LogP contribution in [0.4, 0.5) is 19.0 Å². The molecule has 1 amide bonds. The molecular weight excluding hydrogens is 345 g/mol. The van der Waals surface area contributed by atoms with Gasteiger partial charge in [0, 0.05) is 11.8 Å². The molecule has 3 aromatic heterocycles. The molecule has 122 valence electrons. The van der Waals surface area contributed by atoms with Gasteiger partial charge in [0.15, 0.2) is 0 Å². The molecule has 3 rings (SSSR count). The van der Waals surface area contributed by atoms with Crippen molar-refractivity contribution in [2.45, 2.75) is 13.1 Å². The third kappa shape index (κ3) is 2.79. The van der Waals surface area contributed by atoms with Crippen molar-refractivity contribution in [3.8, 4) is 6.07 Å². The molecule has 3 aromatic rings. The number of halogens is 3. The van der Waals surface area contributed by atoms with E-state index in [2.05, 4.69) is 20.4 Å². The molecule has 0 atom stereocenters. The average molecular weight is 352 g/mol. The van der Waals surface area contributed by atoms with Crippen LogP contribution in [-0.2, 0) is 6.18 Å². The van der Waals surface area contributed by atoms with Crippen LogP contribution in [0.25, 0.3) is 5.78 Å². The van der Waals surface area contributed by atoms with Gasteiger partial charge >= 0.3 is 6.18 Å². The fraction of sp³-hybridized carbons (Fsp3) is 0.154. The summed E-state index contributed by atoms with van der Waals surface area (Å²) in [6.45, 7) is 1.50. The van der Waals surface area contributed by atoms with Gasteiger partial charge in [-0.25, -0.2) is 4.52 Å². The molecule has 0 radical (unpaired) electrons. The van der Waals surface area contributed by atoms with Gasteiger partial charge in [0.2, 0.25) is 0 Å². The smallest absolute Gasteiger partial charge is 0.306 e. The van der Waals surface area contributed by atoms with Gasteiger partial charge < -0.3 is 5.32 Å². The second-order valence-corrected chi connectivity index (χ2v) is 5.57. The van der Waals surface area contributed by atoms with Gasteiger partial charge in [-0.1, -0.05) is 0 Å². The highest BCUT2D eigenvalue weighted by molar-refractivity contribution is 7.12. The van der Waals surface area contributed by atoms with Crippen LogP contribution in [0.15, 0.2) is 17.5 Å². The number of nitrogens with zero attached hydrogens (tertiary/aromatic N) is 5. The number of carbonyl (C=O) groups is 1. The van der Waals surface area contributed by atoms with E-state index >= 15 is 0 Å². The van der Waals surface area contributed by atoms with Crippen molar-refractivity contribution >= 4 is 28.8 Å². The predicted octanol–water partition coefficient (Wildman–Crippen LogP) is 2.64. The van der Waals surface area contributed by atoms with E-state index in [1.54, 1.807) is 5.38 Å². The molecule has 1 N–H and O–H groups in total. The Bertz CT molecular complexity index is 984. The Morgan fingerprint density at radius 1 is 1.42 bits per heavy atom. The summed E-state index contributed by atoms with van der Waals surface area (Å²) in [6.07, 6.45) is -4.69. The first kappa shape index (κ1) is 15.9. The van der Waals surface area contributed by atoms with Crippen LogP contribution >= 0.6 is 11.3 Å². The third-order valence-corrected chi connectivity index (χ3v) is 3.89. The second kappa shape index (κ2) is 5.57. The number of alkyl halides is 3. The van der Waals surface area contributed by atoms with Crippen molar-refractivity contribution in [1.29, 1.82) is 5.26 Å². The van der Waals surface area contributed by atoms with Crippen LogP contribution in [0.5, 0.6) is 0 Å². The Kier molecular flexibility index (Phi) is 3.69. The van der Waals surface area contributed by atoms with Crippen molar-refractivity contribution in [3.05, 3.63) is 39.5 Å². The minimum absolute atomic E-state index is 0.0171. The van der Waals surface area contributed by atoms with Crippen molar-refractivity contribution < 1.29 is 18.0 Å². The van der Waals surface area contributed by atoms with Crippen LogP contribution in [0, 0.1) is 18.3 Å². The fourth-order valence-electron chi connectivity index (χ4n) is 1.94. The number of aromatic nitrogens is 4. The summed E-state index contributed by atoms with van der Waals surface area (Å²) in [7, 11) is 0. The molecule has 0 aliphatic carbocycles. The monoisotopic (exact) mass is 352 g/mol. The van der Waals surface area contributed by atoms with Crippen LogP contribution in [0.1, 0.15) is 26.8 Å². The van der Waals surface area contributed by atoms with Crippen molar-refractivity contribution in [2.75, 3.05) is 5.32 Å². The van der Waals surface area contributed by atoms with E-state index in [0.717, 1.165) is 15.9 Å². The molecular formula is C13H7F3N6OS. The topological polar surface area (TPSA) is 96.0 Å². The number of amides is 1. The largest absolute Gasteiger partial charge is 0.453 e. The summed E-state index contributed by atoms with van der Waals surface area (Å²) in [6, 6.07) is 4.74. The van der Waals surface area contributed by atoms with E-state index in [4.69, 9.17) is 5.26 Å². The summed E-state index contributed by atoms with van der Waals surface area (Å²) in [5, 5.41) is 16.3. The van der Waals surface area contributed by atoms with Crippen molar-refractivity contribution in [1.82, 2.24) is 19.6 Å². The van der Waals surface area contributed by atoms with E-state index < -0.39 is 17.9 Å². The Hall–Kier alpha value is -3.00. The molecule has 3 heterocycles. The molecule has 0 saturated heterocycles. The van der Waals surface area contributed by atoms with Crippen molar-refractivity contribution in [2.24, 2.45) is 0 Å². The average Bonchev–Trinajstić information content (AvgIpc) is 3.12. The van der Waals surface area contributed by atoms with Gasteiger partial charge in [0.05, 0.1) is 5.56 Å². The third-order valence-electron chi connectivity index (χ3n) is 2.98. The fourth-order valence-corrected chi connectivity index (χ4v) is 2.68. The zero-order valence-corrected chi connectivity index (χ0v) is 12.7. The number of aryl methyl sites for hydroxylation is 1. The number of rotatable bonds is 2. The van der Waals surface area contributed by atoms with Crippen LogP contribution in [0.2, 0.25) is 0 Å². The standard InChI is InChI=1S/C13H7F3N6OS/c1-6-4-8(18-10(23)9-7(5-17)2-3-24-9)19-12-20-11(13(14,15)16)21-22(6)12/h2-4H,1H3,(H,18,19,20,21,23). The number of carbonyl (C=O) groups excluding carboxylic acids is 1. The van der Waals surface area contributed by atoms with E-state index in [0.29, 0.717) is 5.69 Å². The highest BCUT2D eigenvalue weighted by Gasteiger charge is 2.36. The first-order chi connectivity index (χ1) is 11.3. The van der Waals surface area contributed by atoms with Crippen LogP contribution < -0.4 is 5.32 Å². The predicted molar refractivity (Wildman–Crippen MR) is 77.5 cm³/mol. The Morgan fingerprint density at radius 3 is 2.83 bits per heavy atom. The minimum atomic E-state index is -4.69. The minimum Gasteiger partial charge on any atom is -0.306 e. The van der Waals surface area contributed by atoms with Crippen LogP contribution in [0.3, 0.4) is 0 Å². The number of nitriles is 1. The summed E-state index contributed by atoms with van der Waals surface area (Å²) in [4.78, 5) is 19.5. The first-order valence-electron chi connectivity index (χ1n) is 6.40. The molecule has 0 bridgehead atoms. The van der Waals surface area contributed by atoms with Crippen LogP contribution in [-0.4, -0.2) is 25.5 Å². The Labute approximate surface area is 136 Å². The summed E-state index contributed by atoms with van der Waals surface area (Å²) in [5.74, 6) is -2.16. The Morgan fingerprint density at radius 2 is 2.17 bits per heavy atom. The lowest BCUT2D eigenvalue weighted by Crippen LogP contribution is -2.13. The maximum Gasteiger partial charge on any atom is 0.453 e. The lowest BCUT2D eigenvalue weighted by atomic mass is 10.3. The molecule has 24 heavy (non-hydrogen) atoms. The number of anilines is 1. The summed E-state index contributed by atoms with van der Waals surface area (Å²) in [5.41, 5.74) is 0.516. The summed E-state index contributed by atoms with van der Waals surface area (Å²) >= 11 is 1.07. The molecule has 0 unspecified atom stereocenters. The first-order valence-corrected chi connectivity index (χ1v) is 7.28. The SMILES string of the molecule is Cc1cc(NC(=O)c2sccc2C#N)nc2nc(C(F)(F)F)nn12. The van der Waals surface area contributed by atoms with E-state index in [-0.39, 0.29) is 22.0 Å². The zero-order chi connectivity index (χ0) is 17.5. The van der Waals surface area contributed by atoms with Gasteiger partial charge in [-0.05, 0) is 18.4 Å². The summed E-state index contributed by atoms with van der Waals surface area (Å²) < 4.78 is 39.0. The quantitative estimate of drug-likeness (QED) is 0.765. The maximum absolute atomic E-state index is 12.7. The number of fused-ring (bicyclic) bond motifs is 1. The normalized spacial score (nSPS) is 11.5. The highest BCUT2D eigenvalue weighted by atomic mass is 32.1. The highest BCUT2D eigenvalue weighted by Crippen LogP contribution is 2.27. The molecule has 0 aliphatic rings. The van der Waals surface area contributed by atoms with Gasteiger partial charge in [0.25, 0.3) is 17.5 Å². The number of nitrogens with one attached hydrogen (secondary N) is 1. The number of hydrogen-bond acceptors (Lipinski definition) is 6. The lowest BCUT2D eigenvalue weighted by Gasteiger charge is -2.05. The molecule has 0 aromatic carbocycles. The lowest BCUT2D eigenvalue weighted by molar-refractivity contribution is -0.144. The zero-order valence-electron chi connectivity index (χ0n) is 11.9. The van der Waals surface area contributed by atoms with Gasteiger partial charge in [0.1, 0.15) is 16.8 Å².